The number of nitrogens with zero attached hydrogens (tertiary/aromatic N) is 1. The first-order chi connectivity index (χ1) is 11.8. The zero-order valence-electron chi connectivity index (χ0n) is 13.6. The highest BCUT2D eigenvalue weighted by atomic mass is 32.2. The molecule has 0 aliphatic rings. The van der Waals surface area contributed by atoms with Crippen LogP contribution >= 0.6 is 0 Å². The van der Waals surface area contributed by atoms with Crippen LogP contribution in [-0.2, 0) is 9.84 Å². The number of hydrogen-bond acceptors (Lipinski definition) is 4. The molecule has 0 radical (unpaired) electrons. The molecule has 0 aliphatic carbocycles. The van der Waals surface area contributed by atoms with E-state index < -0.39 is 21.2 Å². The summed E-state index contributed by atoms with van der Waals surface area (Å²) >= 11 is 0. The van der Waals surface area contributed by atoms with Gasteiger partial charge in [0, 0.05) is 11.8 Å². The van der Waals surface area contributed by atoms with Gasteiger partial charge in [-0.15, -0.1) is 0 Å². The maximum atomic E-state index is 13.2. The van der Waals surface area contributed by atoms with E-state index >= 15 is 0 Å². The van der Waals surface area contributed by atoms with Crippen LogP contribution in [-0.4, -0.2) is 24.9 Å². The lowest BCUT2D eigenvalue weighted by Crippen LogP contribution is -2.14. The van der Waals surface area contributed by atoms with Crippen molar-refractivity contribution < 1.29 is 12.8 Å². The van der Waals surface area contributed by atoms with E-state index in [1.54, 1.807) is 19.1 Å². The van der Waals surface area contributed by atoms with Crippen LogP contribution < -0.4 is 5.56 Å². The van der Waals surface area contributed by atoms with Gasteiger partial charge in [-0.3, -0.25) is 4.79 Å². The minimum atomic E-state index is -3.31. The Kier molecular flexibility index (Phi) is 4.26. The molecule has 0 atom stereocenters. The third-order valence-corrected chi connectivity index (χ3v) is 5.00. The maximum Gasteiger partial charge on any atom is 0.272 e. The first kappa shape index (κ1) is 17.0. The van der Waals surface area contributed by atoms with E-state index in [0.29, 0.717) is 27.9 Å². The number of hydrogen-bond donors (Lipinski definition) is 1. The molecule has 128 valence electrons. The lowest BCUT2D eigenvalue weighted by atomic mass is 9.95. The Morgan fingerprint density at radius 2 is 1.44 bits per heavy atom. The Hall–Kier alpha value is -2.80. The Labute approximate surface area is 144 Å². The molecule has 2 aromatic carbocycles. The highest BCUT2D eigenvalue weighted by Gasteiger charge is 2.16. The lowest BCUT2D eigenvalue weighted by Gasteiger charge is -2.12. The van der Waals surface area contributed by atoms with E-state index in [2.05, 4.69) is 10.2 Å². The fourth-order valence-corrected chi connectivity index (χ4v) is 3.29. The minimum Gasteiger partial charge on any atom is -0.267 e. The number of benzene rings is 2. The third-order valence-electron chi connectivity index (χ3n) is 3.87. The van der Waals surface area contributed by atoms with Crippen molar-refractivity contribution in [3.05, 3.63) is 70.4 Å². The van der Waals surface area contributed by atoms with Crippen molar-refractivity contribution in [3.8, 4) is 22.3 Å². The Morgan fingerprint density at radius 3 is 2.00 bits per heavy atom. The standard InChI is InChI=1S/C18H15FN2O3S/c1-11-16(12-5-9-15(10-6-12)25(2,23)24)17(18(22)21-20-11)13-3-7-14(19)8-4-13/h3-10H,1-2H3,(H,21,22). The summed E-state index contributed by atoms with van der Waals surface area (Å²) < 4.78 is 36.4. The quantitative estimate of drug-likeness (QED) is 0.781. The normalized spacial score (nSPS) is 11.5. The Balaban J connectivity index is 2.24. The fraction of sp³-hybridized carbons (Fsp3) is 0.111. The number of rotatable bonds is 3. The van der Waals surface area contributed by atoms with Gasteiger partial charge in [0.25, 0.3) is 5.56 Å². The predicted molar refractivity (Wildman–Crippen MR) is 93.5 cm³/mol. The van der Waals surface area contributed by atoms with Crippen molar-refractivity contribution in [2.45, 2.75) is 11.8 Å². The molecule has 3 aromatic rings. The van der Waals surface area contributed by atoms with Crippen molar-refractivity contribution in [2.75, 3.05) is 6.26 Å². The van der Waals surface area contributed by atoms with Crippen LogP contribution in [0, 0.1) is 12.7 Å². The van der Waals surface area contributed by atoms with Crippen LogP contribution in [0.25, 0.3) is 22.3 Å². The second kappa shape index (κ2) is 6.25. The second-order valence-corrected chi connectivity index (χ2v) is 7.71. The van der Waals surface area contributed by atoms with E-state index in [1.807, 2.05) is 0 Å². The molecule has 25 heavy (non-hydrogen) atoms. The monoisotopic (exact) mass is 358 g/mol. The summed E-state index contributed by atoms with van der Waals surface area (Å²) in [4.78, 5) is 12.6. The molecule has 0 unspecified atom stereocenters. The molecule has 0 bridgehead atoms. The number of aromatic amines is 1. The molecule has 3 rings (SSSR count). The van der Waals surface area contributed by atoms with Gasteiger partial charge in [0.05, 0.1) is 16.2 Å². The molecule has 0 saturated heterocycles. The molecule has 0 saturated carbocycles. The molecule has 1 aromatic heterocycles. The Bertz CT molecular complexity index is 1090. The van der Waals surface area contributed by atoms with E-state index in [4.69, 9.17) is 0 Å². The zero-order valence-corrected chi connectivity index (χ0v) is 14.4. The third kappa shape index (κ3) is 3.36. The van der Waals surface area contributed by atoms with Crippen molar-refractivity contribution >= 4 is 9.84 Å². The van der Waals surface area contributed by atoms with Crippen LogP contribution in [0.5, 0.6) is 0 Å². The summed E-state index contributed by atoms with van der Waals surface area (Å²) in [7, 11) is -3.31. The molecule has 1 heterocycles. The van der Waals surface area contributed by atoms with Crippen LogP contribution in [0.4, 0.5) is 4.39 Å². The molecular formula is C18H15FN2O3S. The van der Waals surface area contributed by atoms with Crippen LogP contribution in [0.2, 0.25) is 0 Å². The highest BCUT2D eigenvalue weighted by Crippen LogP contribution is 2.31. The first-order valence-corrected chi connectivity index (χ1v) is 9.32. The molecule has 0 spiro atoms. The summed E-state index contributed by atoms with van der Waals surface area (Å²) in [5, 5.41) is 6.43. The molecule has 7 heteroatoms. The van der Waals surface area contributed by atoms with E-state index in [9.17, 15) is 17.6 Å². The molecule has 0 amide bonds. The number of halogens is 1. The Morgan fingerprint density at radius 1 is 0.920 bits per heavy atom. The topological polar surface area (TPSA) is 79.9 Å². The van der Waals surface area contributed by atoms with Crippen molar-refractivity contribution in [1.29, 1.82) is 0 Å². The summed E-state index contributed by atoms with van der Waals surface area (Å²) in [6, 6.07) is 11.8. The van der Waals surface area contributed by atoms with Crippen LogP contribution in [0.1, 0.15) is 5.69 Å². The average Bonchev–Trinajstić information content (AvgIpc) is 2.57. The van der Waals surface area contributed by atoms with Crippen LogP contribution in [0.15, 0.2) is 58.2 Å². The van der Waals surface area contributed by atoms with Crippen molar-refractivity contribution in [1.82, 2.24) is 10.2 Å². The van der Waals surface area contributed by atoms with Gasteiger partial charge in [0.2, 0.25) is 0 Å². The molecule has 5 nitrogen and oxygen atoms in total. The summed E-state index contributed by atoms with van der Waals surface area (Å²) in [5.41, 5.74) is 2.32. The molecule has 0 fully saturated rings. The number of H-pyrrole nitrogens is 1. The van der Waals surface area contributed by atoms with Gasteiger partial charge in [-0.2, -0.15) is 5.10 Å². The van der Waals surface area contributed by atoms with Gasteiger partial charge in [-0.1, -0.05) is 24.3 Å². The van der Waals surface area contributed by atoms with Gasteiger partial charge in [0.1, 0.15) is 5.82 Å². The van der Waals surface area contributed by atoms with Gasteiger partial charge < -0.3 is 0 Å². The van der Waals surface area contributed by atoms with Gasteiger partial charge in [0.15, 0.2) is 9.84 Å². The average molecular weight is 358 g/mol. The summed E-state index contributed by atoms with van der Waals surface area (Å²) in [5.74, 6) is -0.398. The summed E-state index contributed by atoms with van der Waals surface area (Å²) in [6.07, 6.45) is 1.13. The largest absolute Gasteiger partial charge is 0.272 e. The molecule has 1 N–H and O–H groups in total. The van der Waals surface area contributed by atoms with E-state index in [1.165, 1.54) is 36.4 Å². The smallest absolute Gasteiger partial charge is 0.267 e. The number of aryl methyl sites for hydroxylation is 1. The van der Waals surface area contributed by atoms with E-state index in [-0.39, 0.29) is 4.90 Å². The number of sulfone groups is 1. The van der Waals surface area contributed by atoms with Crippen LogP contribution in [0.3, 0.4) is 0 Å². The SMILES string of the molecule is Cc1n[nH]c(=O)c(-c2ccc(F)cc2)c1-c1ccc(S(C)(=O)=O)cc1. The minimum absolute atomic E-state index is 0.190. The van der Waals surface area contributed by atoms with E-state index in [0.717, 1.165) is 6.26 Å². The fourth-order valence-electron chi connectivity index (χ4n) is 2.65. The molecular weight excluding hydrogens is 343 g/mol. The van der Waals surface area contributed by atoms with Crippen molar-refractivity contribution in [2.24, 2.45) is 0 Å². The first-order valence-electron chi connectivity index (χ1n) is 7.43. The van der Waals surface area contributed by atoms with Gasteiger partial charge in [-0.25, -0.2) is 17.9 Å². The predicted octanol–water partition coefficient (Wildman–Crippen LogP) is 2.95. The van der Waals surface area contributed by atoms with Crippen molar-refractivity contribution in [3.63, 3.8) is 0 Å². The number of aromatic nitrogens is 2. The maximum absolute atomic E-state index is 13.2. The number of nitrogens with one attached hydrogen (secondary N) is 1. The highest BCUT2D eigenvalue weighted by molar-refractivity contribution is 7.90. The zero-order chi connectivity index (χ0) is 18.2. The molecule has 0 aliphatic heterocycles. The lowest BCUT2D eigenvalue weighted by molar-refractivity contribution is 0.602. The van der Waals surface area contributed by atoms with Gasteiger partial charge in [-0.05, 0) is 42.3 Å². The second-order valence-electron chi connectivity index (χ2n) is 5.69. The summed E-state index contributed by atoms with van der Waals surface area (Å²) in [6.45, 7) is 1.74. The van der Waals surface area contributed by atoms with Gasteiger partial charge >= 0.3 is 0 Å².